The molecule has 1 unspecified atom stereocenters. The van der Waals surface area contributed by atoms with Crippen molar-refractivity contribution in [3.05, 3.63) is 29.3 Å². The molecule has 3 atom stereocenters. The van der Waals surface area contributed by atoms with Gasteiger partial charge in [0.2, 0.25) is 11.8 Å². The Bertz CT molecular complexity index is 607. The molecule has 23 heavy (non-hydrogen) atoms. The third-order valence-electron chi connectivity index (χ3n) is 4.80. The van der Waals surface area contributed by atoms with Crippen LogP contribution in [0.3, 0.4) is 0 Å². The lowest BCUT2D eigenvalue weighted by Gasteiger charge is -2.19. The molecule has 0 bridgehead atoms. The number of hydrogen-bond donors (Lipinski definition) is 2. The van der Waals surface area contributed by atoms with E-state index in [2.05, 4.69) is 5.32 Å². The fraction of sp³-hybridized carbons (Fsp3) is 0.529. The maximum Gasteiger partial charge on any atom is 0.229 e. The van der Waals surface area contributed by atoms with E-state index in [0.29, 0.717) is 30.1 Å². The third kappa shape index (κ3) is 3.67. The molecule has 2 amide bonds. The molecule has 3 rings (SSSR count). The summed E-state index contributed by atoms with van der Waals surface area (Å²) in [5.41, 5.74) is 6.72. The minimum atomic E-state index is -0.163. The predicted octanol–water partition coefficient (Wildman–Crippen LogP) is 2.08. The quantitative estimate of drug-likeness (QED) is 0.884. The first-order valence-corrected chi connectivity index (χ1v) is 8.52. The molecule has 3 N–H and O–H groups in total. The zero-order chi connectivity index (χ0) is 16.4. The van der Waals surface area contributed by atoms with E-state index in [-0.39, 0.29) is 29.8 Å². The van der Waals surface area contributed by atoms with E-state index in [1.165, 1.54) is 0 Å². The molecule has 2 fully saturated rings. The first-order valence-electron chi connectivity index (χ1n) is 8.14. The average molecular weight is 336 g/mol. The number of amides is 2. The van der Waals surface area contributed by atoms with E-state index in [0.717, 1.165) is 19.3 Å². The second kappa shape index (κ2) is 6.89. The predicted molar refractivity (Wildman–Crippen MR) is 90.3 cm³/mol. The number of carbonyl (C=O) groups excluding carboxylic acids is 2. The normalized spacial score (nSPS) is 27.5. The molecule has 1 aromatic rings. The number of anilines is 1. The summed E-state index contributed by atoms with van der Waals surface area (Å²) in [5.74, 6) is 0.249. The van der Waals surface area contributed by atoms with Crippen LogP contribution in [-0.2, 0) is 9.59 Å². The molecule has 0 radical (unpaired) electrons. The van der Waals surface area contributed by atoms with Crippen LogP contribution in [-0.4, -0.2) is 30.4 Å². The zero-order valence-electron chi connectivity index (χ0n) is 13.0. The van der Waals surface area contributed by atoms with Gasteiger partial charge in [0.1, 0.15) is 0 Å². The number of benzene rings is 1. The monoisotopic (exact) mass is 335 g/mol. The second-order valence-corrected chi connectivity index (χ2v) is 6.89. The van der Waals surface area contributed by atoms with Crippen molar-refractivity contribution in [1.82, 2.24) is 5.32 Å². The number of nitrogens with zero attached hydrogens (tertiary/aromatic N) is 1. The van der Waals surface area contributed by atoms with Crippen molar-refractivity contribution in [2.45, 2.75) is 44.2 Å². The van der Waals surface area contributed by atoms with Gasteiger partial charge in [-0.05, 0) is 30.9 Å². The SMILES string of the molecule is N[C@@H]1CCC[C@H]1CC(=O)NC1CC(=O)N(c2ccccc2Cl)C1. The van der Waals surface area contributed by atoms with Crippen molar-refractivity contribution in [3.63, 3.8) is 0 Å². The second-order valence-electron chi connectivity index (χ2n) is 6.48. The molecule has 1 saturated carbocycles. The molecule has 5 nitrogen and oxygen atoms in total. The number of hydrogen-bond acceptors (Lipinski definition) is 3. The van der Waals surface area contributed by atoms with E-state index in [4.69, 9.17) is 17.3 Å². The van der Waals surface area contributed by atoms with Crippen molar-refractivity contribution in [2.24, 2.45) is 11.7 Å². The van der Waals surface area contributed by atoms with Gasteiger partial charge < -0.3 is 16.0 Å². The van der Waals surface area contributed by atoms with Gasteiger partial charge in [-0.1, -0.05) is 30.2 Å². The van der Waals surface area contributed by atoms with Gasteiger partial charge in [-0.25, -0.2) is 0 Å². The highest BCUT2D eigenvalue weighted by molar-refractivity contribution is 6.33. The van der Waals surface area contributed by atoms with Crippen molar-refractivity contribution >= 4 is 29.1 Å². The van der Waals surface area contributed by atoms with Crippen LogP contribution in [0.4, 0.5) is 5.69 Å². The van der Waals surface area contributed by atoms with Crippen LogP contribution in [0.15, 0.2) is 24.3 Å². The van der Waals surface area contributed by atoms with E-state index >= 15 is 0 Å². The first-order chi connectivity index (χ1) is 11.0. The molecule has 0 spiro atoms. The Morgan fingerprint density at radius 3 is 2.83 bits per heavy atom. The van der Waals surface area contributed by atoms with Crippen LogP contribution in [0.2, 0.25) is 5.02 Å². The van der Waals surface area contributed by atoms with Gasteiger partial charge in [0.25, 0.3) is 0 Å². The lowest BCUT2D eigenvalue weighted by atomic mass is 9.99. The van der Waals surface area contributed by atoms with Gasteiger partial charge in [0.05, 0.1) is 16.8 Å². The number of nitrogens with one attached hydrogen (secondary N) is 1. The van der Waals surface area contributed by atoms with Crippen LogP contribution >= 0.6 is 11.6 Å². The van der Waals surface area contributed by atoms with Gasteiger partial charge >= 0.3 is 0 Å². The Morgan fingerprint density at radius 1 is 1.35 bits per heavy atom. The van der Waals surface area contributed by atoms with E-state index < -0.39 is 0 Å². The topological polar surface area (TPSA) is 75.4 Å². The summed E-state index contributed by atoms with van der Waals surface area (Å²) < 4.78 is 0. The van der Waals surface area contributed by atoms with Gasteiger partial charge in [0, 0.05) is 25.4 Å². The van der Waals surface area contributed by atoms with Crippen molar-refractivity contribution in [1.29, 1.82) is 0 Å². The Balaban J connectivity index is 1.57. The first kappa shape index (κ1) is 16.3. The summed E-state index contributed by atoms with van der Waals surface area (Å²) in [5, 5.41) is 3.52. The molecular weight excluding hydrogens is 314 g/mol. The number of rotatable bonds is 4. The average Bonchev–Trinajstić information content (AvgIpc) is 3.06. The minimum absolute atomic E-state index is 0.00819. The molecule has 0 aromatic heterocycles. The maximum absolute atomic E-state index is 12.2. The number of para-hydroxylation sites is 1. The summed E-state index contributed by atoms with van der Waals surface area (Å²) in [6.07, 6.45) is 3.89. The maximum atomic E-state index is 12.2. The molecule has 6 heteroatoms. The third-order valence-corrected chi connectivity index (χ3v) is 5.12. The highest BCUT2D eigenvalue weighted by atomic mass is 35.5. The van der Waals surface area contributed by atoms with Crippen LogP contribution in [0, 0.1) is 5.92 Å². The zero-order valence-corrected chi connectivity index (χ0v) is 13.8. The fourth-order valence-corrected chi connectivity index (χ4v) is 3.79. The number of carbonyl (C=O) groups is 2. The van der Waals surface area contributed by atoms with Crippen LogP contribution in [0.25, 0.3) is 0 Å². The molecule has 2 aliphatic rings. The largest absolute Gasteiger partial charge is 0.351 e. The van der Waals surface area contributed by atoms with Gasteiger partial charge in [-0.3, -0.25) is 9.59 Å². The molecule has 1 heterocycles. The van der Waals surface area contributed by atoms with E-state index in [9.17, 15) is 9.59 Å². The summed E-state index contributed by atoms with van der Waals surface area (Å²) in [7, 11) is 0. The minimum Gasteiger partial charge on any atom is -0.351 e. The summed E-state index contributed by atoms with van der Waals surface area (Å²) >= 11 is 6.16. The molecule has 1 saturated heterocycles. The smallest absolute Gasteiger partial charge is 0.229 e. The van der Waals surface area contributed by atoms with Crippen LogP contribution in [0.1, 0.15) is 32.1 Å². The Kier molecular flexibility index (Phi) is 4.87. The summed E-state index contributed by atoms with van der Waals surface area (Å²) in [4.78, 5) is 26.1. The number of halogens is 1. The Hall–Kier alpha value is -1.59. The van der Waals surface area contributed by atoms with Crippen LogP contribution < -0.4 is 16.0 Å². The highest BCUT2D eigenvalue weighted by Gasteiger charge is 2.33. The van der Waals surface area contributed by atoms with Crippen molar-refractivity contribution in [3.8, 4) is 0 Å². The molecular formula is C17H22ClN3O2. The lowest BCUT2D eigenvalue weighted by Crippen LogP contribution is -2.39. The van der Waals surface area contributed by atoms with Gasteiger partial charge in [-0.2, -0.15) is 0 Å². The standard InChI is InChI=1S/C17H22ClN3O2/c18-13-5-1-2-7-15(13)21-10-12(9-17(21)23)20-16(22)8-11-4-3-6-14(11)19/h1-2,5,7,11-12,14H,3-4,6,8-10,19H2,(H,20,22)/t11-,12?,14+/m0/s1. The summed E-state index contributed by atoms with van der Waals surface area (Å²) in [6, 6.07) is 7.23. The van der Waals surface area contributed by atoms with E-state index in [1.54, 1.807) is 11.0 Å². The Labute approximate surface area is 141 Å². The Morgan fingerprint density at radius 2 is 2.13 bits per heavy atom. The molecule has 124 valence electrons. The van der Waals surface area contributed by atoms with Crippen LogP contribution in [0.5, 0.6) is 0 Å². The highest BCUT2D eigenvalue weighted by Crippen LogP contribution is 2.29. The molecule has 1 aliphatic carbocycles. The molecule has 1 aromatic carbocycles. The van der Waals surface area contributed by atoms with E-state index in [1.807, 2.05) is 18.2 Å². The molecule has 1 aliphatic heterocycles. The fourth-order valence-electron chi connectivity index (χ4n) is 3.55. The van der Waals surface area contributed by atoms with Crippen molar-refractivity contribution in [2.75, 3.05) is 11.4 Å². The van der Waals surface area contributed by atoms with Crippen molar-refractivity contribution < 1.29 is 9.59 Å². The number of nitrogens with two attached hydrogens (primary N) is 1. The summed E-state index contributed by atoms with van der Waals surface area (Å²) in [6.45, 7) is 0.463. The van der Waals surface area contributed by atoms with Gasteiger partial charge in [0.15, 0.2) is 0 Å². The van der Waals surface area contributed by atoms with Gasteiger partial charge in [-0.15, -0.1) is 0 Å². The lowest BCUT2D eigenvalue weighted by molar-refractivity contribution is -0.122.